The van der Waals surface area contributed by atoms with Crippen molar-refractivity contribution in [2.75, 3.05) is 0 Å². The normalized spacial score (nSPS) is 11.7. The third-order valence-corrected chi connectivity index (χ3v) is 5.48. The number of halogens is 1. The largest absolute Gasteiger partial charge is 0.334 e. The Morgan fingerprint density at radius 3 is 2.57 bits per heavy atom. The van der Waals surface area contributed by atoms with Crippen molar-refractivity contribution >= 4 is 10.0 Å². The van der Waals surface area contributed by atoms with Crippen LogP contribution in [0.15, 0.2) is 57.9 Å². The second-order valence-corrected chi connectivity index (χ2v) is 8.43. The molecule has 2 N–H and O–H groups in total. The van der Waals surface area contributed by atoms with Crippen LogP contribution in [0.25, 0.3) is 22.8 Å². The van der Waals surface area contributed by atoms with Crippen LogP contribution < -0.4 is 5.14 Å². The summed E-state index contributed by atoms with van der Waals surface area (Å²) in [5.41, 5.74) is 3.99. The summed E-state index contributed by atoms with van der Waals surface area (Å²) in [5.74, 6) is -0.591. The van der Waals surface area contributed by atoms with Gasteiger partial charge in [0.2, 0.25) is 15.8 Å². The Kier molecular flexibility index (Phi) is 4.96. The number of aryl methyl sites for hydroxylation is 2. The number of hydrogen-bond acceptors (Lipinski definition) is 6. The Morgan fingerprint density at radius 2 is 1.90 bits per heavy atom. The second-order valence-electron chi connectivity index (χ2n) is 6.90. The van der Waals surface area contributed by atoms with Crippen molar-refractivity contribution in [3.05, 3.63) is 71.3 Å². The van der Waals surface area contributed by atoms with Gasteiger partial charge in [-0.05, 0) is 49.7 Å². The molecule has 2 heterocycles. The molecule has 2 aromatic carbocycles. The molecule has 0 saturated carbocycles. The molecule has 0 radical (unpaired) electrons. The summed E-state index contributed by atoms with van der Waals surface area (Å²) in [6.45, 7) is 4.53. The molecule has 8 nitrogen and oxygen atoms in total. The average Bonchev–Trinajstić information content (AvgIpc) is 3.28. The SMILES string of the molecule is Cc1cc(C)n(Cc2cccc(-c3noc(-c4ccc(S(N)(=O)=O)c(F)c4)n3)c2)n1. The van der Waals surface area contributed by atoms with Crippen molar-refractivity contribution in [1.82, 2.24) is 19.9 Å². The molecule has 0 spiro atoms. The van der Waals surface area contributed by atoms with Crippen molar-refractivity contribution in [1.29, 1.82) is 0 Å². The highest BCUT2D eigenvalue weighted by Crippen LogP contribution is 2.25. The molecule has 0 fully saturated rings. The van der Waals surface area contributed by atoms with E-state index in [1.54, 1.807) is 0 Å². The monoisotopic (exact) mass is 427 g/mol. The van der Waals surface area contributed by atoms with Crippen LogP contribution in [0.2, 0.25) is 0 Å². The van der Waals surface area contributed by atoms with Crippen LogP contribution in [-0.2, 0) is 16.6 Å². The lowest BCUT2D eigenvalue weighted by Crippen LogP contribution is -2.13. The lowest BCUT2D eigenvalue weighted by atomic mass is 10.1. The van der Waals surface area contributed by atoms with Crippen LogP contribution in [0.4, 0.5) is 4.39 Å². The van der Waals surface area contributed by atoms with Crippen molar-refractivity contribution in [3.8, 4) is 22.8 Å². The minimum atomic E-state index is -4.15. The number of hydrogen-bond donors (Lipinski definition) is 1. The number of benzene rings is 2. The molecule has 4 aromatic rings. The predicted octanol–water partition coefficient (Wildman–Crippen LogP) is 3.05. The zero-order valence-electron chi connectivity index (χ0n) is 16.2. The number of primary sulfonamides is 1. The van der Waals surface area contributed by atoms with Gasteiger partial charge >= 0.3 is 0 Å². The van der Waals surface area contributed by atoms with Crippen LogP contribution in [0, 0.1) is 19.7 Å². The summed E-state index contributed by atoms with van der Waals surface area (Å²) in [6.07, 6.45) is 0. The number of aromatic nitrogens is 4. The van der Waals surface area contributed by atoms with Gasteiger partial charge in [0.25, 0.3) is 5.89 Å². The molecule has 154 valence electrons. The van der Waals surface area contributed by atoms with Crippen LogP contribution >= 0.6 is 0 Å². The summed E-state index contributed by atoms with van der Waals surface area (Å²) >= 11 is 0. The Balaban J connectivity index is 1.62. The molecule has 10 heteroatoms. The number of nitrogens with zero attached hydrogens (tertiary/aromatic N) is 4. The van der Waals surface area contributed by atoms with E-state index in [0.717, 1.165) is 34.6 Å². The maximum absolute atomic E-state index is 14.1. The lowest BCUT2D eigenvalue weighted by molar-refractivity contribution is 0.432. The van der Waals surface area contributed by atoms with Crippen LogP contribution in [0.5, 0.6) is 0 Å². The molecule has 4 rings (SSSR count). The fourth-order valence-electron chi connectivity index (χ4n) is 3.14. The molecule has 0 aliphatic heterocycles. The topological polar surface area (TPSA) is 117 Å². The third kappa shape index (κ3) is 4.00. The van der Waals surface area contributed by atoms with Crippen LogP contribution in [-0.4, -0.2) is 28.3 Å². The number of rotatable bonds is 5. The first-order valence-electron chi connectivity index (χ1n) is 8.97. The van der Waals surface area contributed by atoms with E-state index in [1.807, 2.05) is 48.9 Å². The maximum Gasteiger partial charge on any atom is 0.258 e. The van der Waals surface area contributed by atoms with Crippen molar-refractivity contribution in [2.45, 2.75) is 25.3 Å². The highest BCUT2D eigenvalue weighted by molar-refractivity contribution is 7.89. The summed E-state index contributed by atoms with van der Waals surface area (Å²) < 4.78 is 44.0. The molecule has 0 aliphatic rings. The van der Waals surface area contributed by atoms with E-state index in [-0.39, 0.29) is 11.5 Å². The molecule has 0 aliphatic carbocycles. The first-order valence-corrected chi connectivity index (χ1v) is 10.5. The van der Waals surface area contributed by atoms with Gasteiger partial charge in [-0.25, -0.2) is 17.9 Å². The molecule has 2 aromatic heterocycles. The number of sulfonamides is 1. The van der Waals surface area contributed by atoms with Crippen LogP contribution in [0.1, 0.15) is 17.0 Å². The van der Waals surface area contributed by atoms with Gasteiger partial charge in [-0.3, -0.25) is 4.68 Å². The minimum Gasteiger partial charge on any atom is -0.334 e. The Hall–Kier alpha value is -3.37. The molecule has 30 heavy (non-hydrogen) atoms. The van der Waals surface area contributed by atoms with Crippen molar-refractivity contribution < 1.29 is 17.3 Å². The van der Waals surface area contributed by atoms with E-state index in [1.165, 1.54) is 6.07 Å². The Morgan fingerprint density at radius 1 is 1.10 bits per heavy atom. The quantitative estimate of drug-likeness (QED) is 0.523. The minimum absolute atomic E-state index is 0.0637. The van der Waals surface area contributed by atoms with Gasteiger partial charge in [0.1, 0.15) is 10.7 Å². The van der Waals surface area contributed by atoms with Gasteiger partial charge in [-0.2, -0.15) is 10.1 Å². The van der Waals surface area contributed by atoms with Gasteiger partial charge in [0.05, 0.1) is 12.2 Å². The van der Waals surface area contributed by atoms with Crippen molar-refractivity contribution in [3.63, 3.8) is 0 Å². The predicted molar refractivity (Wildman–Crippen MR) is 107 cm³/mol. The average molecular weight is 427 g/mol. The summed E-state index contributed by atoms with van der Waals surface area (Å²) in [4.78, 5) is 3.71. The van der Waals surface area contributed by atoms with Gasteiger partial charge in [0, 0.05) is 16.8 Å². The summed E-state index contributed by atoms with van der Waals surface area (Å²) in [6, 6.07) is 13.1. The maximum atomic E-state index is 14.1. The highest BCUT2D eigenvalue weighted by atomic mass is 32.2. The fraction of sp³-hybridized carbons (Fsp3) is 0.150. The smallest absolute Gasteiger partial charge is 0.258 e. The second kappa shape index (κ2) is 7.47. The van der Waals surface area contributed by atoms with E-state index in [9.17, 15) is 12.8 Å². The summed E-state index contributed by atoms with van der Waals surface area (Å²) in [5, 5.41) is 13.4. The summed E-state index contributed by atoms with van der Waals surface area (Å²) in [7, 11) is -4.15. The molecule has 0 unspecified atom stereocenters. The van der Waals surface area contributed by atoms with E-state index in [0.29, 0.717) is 12.4 Å². The zero-order chi connectivity index (χ0) is 21.5. The van der Waals surface area contributed by atoms with Gasteiger partial charge < -0.3 is 4.52 Å². The standard InChI is InChI=1S/C20H18FN5O3S/c1-12-8-13(2)26(24-12)11-14-4-3-5-15(9-14)19-23-20(29-25-19)16-6-7-18(17(21)10-16)30(22,27)28/h3-10H,11H2,1-2H3,(H2,22,27,28). The molecule has 0 bridgehead atoms. The van der Waals surface area contributed by atoms with Gasteiger partial charge in [0.15, 0.2) is 0 Å². The van der Waals surface area contributed by atoms with Crippen LogP contribution in [0.3, 0.4) is 0 Å². The molecule has 0 amide bonds. The van der Waals surface area contributed by atoms with E-state index >= 15 is 0 Å². The first-order chi connectivity index (χ1) is 14.2. The van der Waals surface area contributed by atoms with E-state index in [4.69, 9.17) is 9.66 Å². The third-order valence-electron chi connectivity index (χ3n) is 4.53. The first kappa shape index (κ1) is 19.9. The van der Waals surface area contributed by atoms with E-state index in [2.05, 4.69) is 15.2 Å². The Labute approximate surface area is 172 Å². The van der Waals surface area contributed by atoms with Gasteiger partial charge in [-0.15, -0.1) is 0 Å². The lowest BCUT2D eigenvalue weighted by Gasteiger charge is -2.05. The van der Waals surface area contributed by atoms with E-state index < -0.39 is 20.7 Å². The zero-order valence-corrected chi connectivity index (χ0v) is 17.0. The Bertz CT molecular complexity index is 1340. The molecule has 0 atom stereocenters. The molecule has 0 saturated heterocycles. The highest BCUT2D eigenvalue weighted by Gasteiger charge is 2.18. The van der Waals surface area contributed by atoms with Crippen molar-refractivity contribution in [2.24, 2.45) is 5.14 Å². The molecular formula is C20H18FN5O3S. The number of nitrogens with two attached hydrogens (primary N) is 1. The molecular weight excluding hydrogens is 409 g/mol. The van der Waals surface area contributed by atoms with Gasteiger partial charge in [-0.1, -0.05) is 23.4 Å². The fourth-order valence-corrected chi connectivity index (χ4v) is 3.73.